The maximum Gasteiger partial charge on any atom is 0.319 e. The van der Waals surface area contributed by atoms with E-state index >= 15 is 0 Å². The molecule has 2 aromatic carbocycles. The van der Waals surface area contributed by atoms with Gasteiger partial charge >= 0.3 is 6.03 Å². The third-order valence-corrected chi connectivity index (χ3v) is 4.05. The number of urea groups is 1. The van der Waals surface area contributed by atoms with Crippen LogP contribution in [0.15, 0.2) is 36.4 Å². The summed E-state index contributed by atoms with van der Waals surface area (Å²) < 4.78 is 0. The van der Waals surface area contributed by atoms with Crippen LogP contribution >= 0.6 is 11.6 Å². The molecule has 0 saturated heterocycles. The zero-order valence-corrected chi connectivity index (χ0v) is 14.1. The Kier molecular flexibility index (Phi) is 5.09. The minimum atomic E-state index is -0.229. The van der Waals surface area contributed by atoms with Gasteiger partial charge in [0.05, 0.1) is 6.04 Å². The summed E-state index contributed by atoms with van der Waals surface area (Å²) in [5.74, 6) is 0. The Morgan fingerprint density at radius 1 is 1.00 bits per heavy atom. The van der Waals surface area contributed by atoms with Crippen molar-refractivity contribution >= 4 is 23.3 Å². The van der Waals surface area contributed by atoms with E-state index in [0.29, 0.717) is 10.7 Å². The van der Waals surface area contributed by atoms with Crippen LogP contribution in [0.4, 0.5) is 10.5 Å². The Bertz CT molecular complexity index is 680. The van der Waals surface area contributed by atoms with E-state index in [4.69, 9.17) is 11.6 Å². The SMILES string of the molecule is Cc1cc(C)c([C@H](C)NC(=O)Nc2ccc(Cl)cc2)cc1C. The van der Waals surface area contributed by atoms with Crippen molar-refractivity contribution in [1.29, 1.82) is 0 Å². The number of anilines is 1. The first-order valence-corrected chi connectivity index (χ1v) is 7.65. The van der Waals surface area contributed by atoms with Crippen molar-refractivity contribution in [1.82, 2.24) is 5.32 Å². The molecule has 0 aromatic heterocycles. The largest absolute Gasteiger partial charge is 0.331 e. The average molecular weight is 317 g/mol. The Morgan fingerprint density at radius 3 is 2.23 bits per heavy atom. The van der Waals surface area contributed by atoms with Crippen LogP contribution in [0.5, 0.6) is 0 Å². The summed E-state index contributed by atoms with van der Waals surface area (Å²) in [5.41, 5.74) is 5.52. The maximum atomic E-state index is 12.1. The van der Waals surface area contributed by atoms with Crippen LogP contribution in [0, 0.1) is 20.8 Å². The van der Waals surface area contributed by atoms with Crippen molar-refractivity contribution in [3.8, 4) is 0 Å². The predicted octanol–water partition coefficient (Wildman–Crippen LogP) is 5.15. The lowest BCUT2D eigenvalue weighted by Crippen LogP contribution is -2.31. The van der Waals surface area contributed by atoms with Gasteiger partial charge in [-0.3, -0.25) is 0 Å². The highest BCUT2D eigenvalue weighted by Crippen LogP contribution is 2.22. The van der Waals surface area contributed by atoms with Gasteiger partial charge in [0, 0.05) is 10.7 Å². The number of nitrogens with one attached hydrogen (secondary N) is 2. The normalized spacial score (nSPS) is 11.9. The number of rotatable bonds is 3. The number of halogens is 1. The minimum Gasteiger partial charge on any atom is -0.331 e. The van der Waals surface area contributed by atoms with Gasteiger partial charge in [-0.1, -0.05) is 23.7 Å². The van der Waals surface area contributed by atoms with E-state index in [2.05, 4.69) is 43.5 Å². The van der Waals surface area contributed by atoms with E-state index in [1.165, 1.54) is 16.7 Å². The van der Waals surface area contributed by atoms with Gasteiger partial charge < -0.3 is 10.6 Å². The third-order valence-electron chi connectivity index (χ3n) is 3.80. The lowest BCUT2D eigenvalue weighted by Gasteiger charge is -2.19. The molecule has 22 heavy (non-hydrogen) atoms. The van der Waals surface area contributed by atoms with Crippen molar-refractivity contribution in [2.45, 2.75) is 33.7 Å². The highest BCUT2D eigenvalue weighted by atomic mass is 35.5. The molecule has 0 fully saturated rings. The average Bonchev–Trinajstić information content (AvgIpc) is 2.45. The minimum absolute atomic E-state index is 0.0633. The lowest BCUT2D eigenvalue weighted by atomic mass is 9.97. The van der Waals surface area contributed by atoms with Crippen molar-refractivity contribution in [3.05, 3.63) is 63.7 Å². The highest BCUT2D eigenvalue weighted by molar-refractivity contribution is 6.30. The summed E-state index contributed by atoms with van der Waals surface area (Å²) in [5, 5.41) is 6.41. The van der Waals surface area contributed by atoms with Gasteiger partial charge in [-0.25, -0.2) is 4.79 Å². The van der Waals surface area contributed by atoms with Crippen molar-refractivity contribution in [2.24, 2.45) is 0 Å². The second-order valence-corrected chi connectivity index (χ2v) is 6.06. The first-order valence-electron chi connectivity index (χ1n) is 7.27. The van der Waals surface area contributed by atoms with Crippen molar-refractivity contribution in [3.63, 3.8) is 0 Å². The molecule has 0 saturated carbocycles. The molecule has 2 N–H and O–H groups in total. The summed E-state index contributed by atoms with van der Waals surface area (Å²) in [6, 6.07) is 11.0. The van der Waals surface area contributed by atoms with E-state index < -0.39 is 0 Å². The first kappa shape index (κ1) is 16.4. The van der Waals surface area contributed by atoms with Gasteiger partial charge in [-0.05, 0) is 74.2 Å². The fourth-order valence-electron chi connectivity index (χ4n) is 2.42. The number of benzene rings is 2. The molecule has 0 aliphatic heterocycles. The number of carbonyl (C=O) groups is 1. The highest BCUT2D eigenvalue weighted by Gasteiger charge is 2.13. The molecular weight excluding hydrogens is 296 g/mol. The van der Waals surface area contributed by atoms with Gasteiger partial charge in [-0.15, -0.1) is 0 Å². The second-order valence-electron chi connectivity index (χ2n) is 5.62. The molecule has 116 valence electrons. The Balaban J connectivity index is 2.05. The van der Waals surface area contributed by atoms with Crippen molar-refractivity contribution < 1.29 is 4.79 Å². The van der Waals surface area contributed by atoms with Gasteiger partial charge in [0.25, 0.3) is 0 Å². The molecule has 0 unspecified atom stereocenters. The van der Waals surface area contributed by atoms with Gasteiger partial charge in [0.1, 0.15) is 0 Å². The fourth-order valence-corrected chi connectivity index (χ4v) is 2.55. The van der Waals surface area contributed by atoms with E-state index in [1.54, 1.807) is 24.3 Å². The quantitative estimate of drug-likeness (QED) is 0.808. The fraction of sp³-hybridized carbons (Fsp3) is 0.278. The van der Waals surface area contributed by atoms with Crippen LogP contribution in [0.3, 0.4) is 0 Å². The van der Waals surface area contributed by atoms with Crippen LogP contribution in [-0.2, 0) is 0 Å². The third kappa shape index (κ3) is 4.01. The molecule has 2 rings (SSSR count). The van der Waals surface area contributed by atoms with Crippen LogP contribution in [0.1, 0.15) is 35.2 Å². The Labute approximate surface area is 136 Å². The lowest BCUT2D eigenvalue weighted by molar-refractivity contribution is 0.249. The molecule has 0 aliphatic carbocycles. The second kappa shape index (κ2) is 6.84. The van der Waals surface area contributed by atoms with Crippen LogP contribution in [0.2, 0.25) is 5.02 Å². The molecular formula is C18H21ClN2O. The monoisotopic (exact) mass is 316 g/mol. The van der Waals surface area contributed by atoms with Gasteiger partial charge in [0.15, 0.2) is 0 Å². The summed E-state index contributed by atoms with van der Waals surface area (Å²) in [4.78, 5) is 12.1. The molecule has 0 heterocycles. The van der Waals surface area contributed by atoms with E-state index in [-0.39, 0.29) is 12.1 Å². The summed E-state index contributed by atoms with van der Waals surface area (Å²) in [6.45, 7) is 8.23. The molecule has 4 heteroatoms. The maximum absolute atomic E-state index is 12.1. The van der Waals surface area contributed by atoms with E-state index in [9.17, 15) is 4.79 Å². The zero-order chi connectivity index (χ0) is 16.3. The first-order chi connectivity index (χ1) is 10.4. The van der Waals surface area contributed by atoms with Gasteiger partial charge in [0.2, 0.25) is 0 Å². The summed E-state index contributed by atoms with van der Waals surface area (Å²) in [6.07, 6.45) is 0. The Morgan fingerprint density at radius 2 is 1.59 bits per heavy atom. The molecule has 2 aromatic rings. The number of aryl methyl sites for hydroxylation is 3. The molecule has 3 nitrogen and oxygen atoms in total. The van der Waals surface area contributed by atoms with Crippen LogP contribution < -0.4 is 10.6 Å². The molecule has 2 amide bonds. The van der Waals surface area contributed by atoms with E-state index in [0.717, 1.165) is 5.56 Å². The number of carbonyl (C=O) groups excluding carboxylic acids is 1. The molecule has 1 atom stereocenters. The number of hydrogen-bond acceptors (Lipinski definition) is 1. The van der Waals surface area contributed by atoms with Gasteiger partial charge in [-0.2, -0.15) is 0 Å². The van der Waals surface area contributed by atoms with E-state index in [1.807, 2.05) is 6.92 Å². The summed E-state index contributed by atoms with van der Waals surface area (Å²) in [7, 11) is 0. The predicted molar refractivity (Wildman–Crippen MR) is 92.7 cm³/mol. The Hall–Kier alpha value is -2.00. The number of amides is 2. The smallest absolute Gasteiger partial charge is 0.319 e. The molecule has 0 bridgehead atoms. The zero-order valence-electron chi connectivity index (χ0n) is 13.3. The topological polar surface area (TPSA) is 41.1 Å². The summed E-state index contributed by atoms with van der Waals surface area (Å²) >= 11 is 5.83. The van der Waals surface area contributed by atoms with Crippen LogP contribution in [0.25, 0.3) is 0 Å². The molecule has 0 radical (unpaired) electrons. The van der Waals surface area contributed by atoms with Crippen LogP contribution in [-0.4, -0.2) is 6.03 Å². The molecule has 0 aliphatic rings. The van der Waals surface area contributed by atoms with Crippen molar-refractivity contribution in [2.75, 3.05) is 5.32 Å². The standard InChI is InChI=1S/C18H21ClN2O/c1-11-9-13(3)17(10-12(11)2)14(4)20-18(22)21-16-7-5-15(19)6-8-16/h5-10,14H,1-4H3,(H2,20,21,22)/t14-/m0/s1. The molecule has 0 spiro atoms. The number of hydrogen-bond donors (Lipinski definition) is 2.